The molecule has 0 amide bonds. The highest BCUT2D eigenvalue weighted by Gasteiger charge is 2.41. The quantitative estimate of drug-likeness (QED) is 0.578. The van der Waals surface area contributed by atoms with Crippen molar-refractivity contribution < 1.29 is 23.1 Å². The van der Waals surface area contributed by atoms with E-state index in [1.807, 2.05) is 0 Å². The van der Waals surface area contributed by atoms with Gasteiger partial charge in [0.25, 0.3) is 0 Å². The summed E-state index contributed by atoms with van der Waals surface area (Å²) in [6.07, 6.45) is -7.64. The summed E-state index contributed by atoms with van der Waals surface area (Å²) in [5.74, 6) is -1.29. The third-order valence-corrected chi connectivity index (χ3v) is 0.695. The van der Waals surface area contributed by atoms with E-state index in [1.165, 1.54) is 0 Å². The number of halogens is 3. The van der Waals surface area contributed by atoms with Gasteiger partial charge in [0.2, 0.25) is 6.10 Å². The lowest BCUT2D eigenvalue weighted by Gasteiger charge is -2.09. The number of aliphatic hydroxyl groups excluding tert-OH is 1. The Morgan fingerprint density at radius 1 is 1.56 bits per heavy atom. The van der Waals surface area contributed by atoms with Crippen LogP contribution in [0.15, 0.2) is 0 Å². The molecule has 0 spiro atoms. The van der Waals surface area contributed by atoms with Crippen LogP contribution in [0.5, 0.6) is 0 Å². The van der Waals surface area contributed by atoms with E-state index in [2.05, 4.69) is 0 Å². The van der Waals surface area contributed by atoms with Gasteiger partial charge in [-0.2, -0.15) is 13.2 Å². The zero-order valence-electron chi connectivity index (χ0n) is 4.57. The summed E-state index contributed by atoms with van der Waals surface area (Å²) < 4.78 is 33.7. The third-order valence-electron chi connectivity index (χ3n) is 0.695. The lowest BCUT2D eigenvalue weighted by molar-refractivity contribution is -0.202. The molecule has 0 fully saturated rings. The second kappa shape index (κ2) is 2.34. The van der Waals surface area contributed by atoms with Crippen LogP contribution in [0.1, 0.15) is 6.92 Å². The Kier molecular flexibility index (Phi) is 2.19. The zero-order valence-corrected chi connectivity index (χ0v) is 4.57. The van der Waals surface area contributed by atoms with Crippen molar-refractivity contribution in [3.63, 3.8) is 0 Å². The average molecular weight is 142 g/mol. The number of alkyl halides is 3. The lowest BCUT2D eigenvalue weighted by atomic mass is 10.2. The lowest BCUT2D eigenvalue weighted by Crippen LogP contribution is -2.34. The van der Waals surface area contributed by atoms with Crippen LogP contribution in [-0.4, -0.2) is 23.2 Å². The molecule has 1 N–H and O–H groups in total. The van der Waals surface area contributed by atoms with Crippen LogP contribution in [0.2, 0.25) is 0 Å². The number of carbonyl (C=O) groups is 1. The number of ketones is 1. The molecule has 0 saturated carbocycles. The van der Waals surface area contributed by atoms with Crippen LogP contribution >= 0.6 is 0 Å². The first-order chi connectivity index (χ1) is 3.85. The van der Waals surface area contributed by atoms with Gasteiger partial charge in [-0.05, 0) is 6.92 Å². The van der Waals surface area contributed by atoms with Crippen LogP contribution in [0.25, 0.3) is 0 Å². The van der Waals surface area contributed by atoms with Crippen molar-refractivity contribution in [2.24, 2.45) is 0 Å². The van der Waals surface area contributed by atoms with Crippen molar-refractivity contribution in [2.75, 3.05) is 0 Å². The molecule has 54 valence electrons. The van der Waals surface area contributed by atoms with Gasteiger partial charge in [0.15, 0.2) is 5.78 Å². The van der Waals surface area contributed by atoms with E-state index in [0.29, 0.717) is 6.92 Å². The molecule has 0 heterocycles. The molecule has 1 atom stereocenters. The van der Waals surface area contributed by atoms with Crippen molar-refractivity contribution in [2.45, 2.75) is 19.2 Å². The SMILES string of the molecule is CC(=O)[C@H](O)C(F)(F)F. The van der Waals surface area contributed by atoms with Crippen LogP contribution in [0.3, 0.4) is 0 Å². The van der Waals surface area contributed by atoms with Crippen LogP contribution in [0, 0.1) is 0 Å². The molecule has 0 aromatic rings. The van der Waals surface area contributed by atoms with Crippen LogP contribution < -0.4 is 0 Å². The first-order valence-electron chi connectivity index (χ1n) is 2.11. The van der Waals surface area contributed by atoms with E-state index in [-0.39, 0.29) is 0 Å². The highest BCUT2D eigenvalue weighted by molar-refractivity contribution is 5.80. The first kappa shape index (κ1) is 8.42. The Hall–Kier alpha value is -0.580. The molecule has 0 aliphatic heterocycles. The number of aliphatic hydroxyl groups is 1. The van der Waals surface area contributed by atoms with Gasteiger partial charge in [0.1, 0.15) is 0 Å². The molecule has 5 heteroatoms. The number of hydrogen-bond acceptors (Lipinski definition) is 2. The maximum absolute atomic E-state index is 11.2. The molecule has 2 nitrogen and oxygen atoms in total. The van der Waals surface area contributed by atoms with E-state index in [4.69, 9.17) is 5.11 Å². The largest absolute Gasteiger partial charge is 0.421 e. The summed E-state index contributed by atoms with van der Waals surface area (Å²) >= 11 is 0. The smallest absolute Gasteiger partial charge is 0.377 e. The summed E-state index contributed by atoms with van der Waals surface area (Å²) in [5.41, 5.74) is 0. The maximum Gasteiger partial charge on any atom is 0.421 e. The van der Waals surface area contributed by atoms with Gasteiger partial charge in [0, 0.05) is 0 Å². The second-order valence-electron chi connectivity index (χ2n) is 1.55. The fourth-order valence-electron chi connectivity index (χ4n) is 0.230. The number of Topliss-reactive ketones (excluding diaryl/α,β-unsaturated/α-hetero) is 1. The predicted molar refractivity (Wildman–Crippen MR) is 22.7 cm³/mol. The van der Waals surface area contributed by atoms with Crippen molar-refractivity contribution >= 4 is 5.78 Å². The Bertz CT molecular complexity index is 117. The maximum atomic E-state index is 11.2. The summed E-state index contributed by atoms with van der Waals surface area (Å²) in [4.78, 5) is 9.82. The monoisotopic (exact) mass is 142 g/mol. The minimum Gasteiger partial charge on any atom is -0.377 e. The van der Waals surface area contributed by atoms with Gasteiger partial charge in [0.05, 0.1) is 0 Å². The van der Waals surface area contributed by atoms with Gasteiger partial charge in [-0.15, -0.1) is 0 Å². The summed E-state index contributed by atoms with van der Waals surface area (Å²) in [6.45, 7) is 0.679. The topological polar surface area (TPSA) is 37.3 Å². The number of hydrogen-bond donors (Lipinski definition) is 1. The van der Waals surface area contributed by atoms with E-state index in [9.17, 15) is 18.0 Å². The molecular formula is C4H5F3O2. The fourth-order valence-corrected chi connectivity index (χ4v) is 0.230. The highest BCUT2D eigenvalue weighted by atomic mass is 19.4. The molecule has 0 bridgehead atoms. The van der Waals surface area contributed by atoms with Crippen molar-refractivity contribution in [1.82, 2.24) is 0 Å². The predicted octanol–water partition coefficient (Wildman–Crippen LogP) is 0.499. The Morgan fingerprint density at radius 2 is 1.89 bits per heavy atom. The van der Waals surface area contributed by atoms with E-state index >= 15 is 0 Å². The molecular weight excluding hydrogens is 137 g/mol. The summed E-state index contributed by atoms with van der Waals surface area (Å²) in [6, 6.07) is 0. The normalized spacial score (nSPS) is 15.2. The van der Waals surface area contributed by atoms with Crippen LogP contribution in [-0.2, 0) is 4.79 Å². The minimum atomic E-state index is -4.81. The van der Waals surface area contributed by atoms with E-state index in [0.717, 1.165) is 0 Å². The zero-order chi connectivity index (χ0) is 7.65. The fraction of sp³-hybridized carbons (Fsp3) is 0.750. The summed E-state index contributed by atoms with van der Waals surface area (Å²) in [5, 5.41) is 7.99. The van der Waals surface area contributed by atoms with Crippen molar-refractivity contribution in [3.8, 4) is 0 Å². The molecule has 9 heavy (non-hydrogen) atoms. The summed E-state index contributed by atoms with van der Waals surface area (Å²) in [7, 11) is 0. The molecule has 0 aromatic heterocycles. The Morgan fingerprint density at radius 3 is 1.89 bits per heavy atom. The molecule has 0 aromatic carbocycles. The number of carbonyl (C=O) groups excluding carboxylic acids is 1. The van der Waals surface area contributed by atoms with Gasteiger partial charge in [-0.25, -0.2) is 0 Å². The molecule has 0 aliphatic carbocycles. The van der Waals surface area contributed by atoms with Crippen molar-refractivity contribution in [3.05, 3.63) is 0 Å². The molecule has 0 saturated heterocycles. The van der Waals surface area contributed by atoms with Gasteiger partial charge in [-0.1, -0.05) is 0 Å². The van der Waals surface area contributed by atoms with Gasteiger partial charge in [-0.3, -0.25) is 4.79 Å². The number of rotatable bonds is 1. The van der Waals surface area contributed by atoms with E-state index < -0.39 is 18.1 Å². The Labute approximate surface area is 49.3 Å². The van der Waals surface area contributed by atoms with Crippen LogP contribution in [0.4, 0.5) is 13.2 Å². The van der Waals surface area contributed by atoms with Gasteiger partial charge < -0.3 is 5.11 Å². The molecule has 0 rings (SSSR count). The molecule has 0 unspecified atom stereocenters. The minimum absolute atomic E-state index is 0.679. The average Bonchev–Trinajstić information content (AvgIpc) is 1.62. The Balaban J connectivity index is 4.04. The molecule has 0 aliphatic rings. The highest BCUT2D eigenvalue weighted by Crippen LogP contribution is 2.19. The first-order valence-corrected chi connectivity index (χ1v) is 2.11. The van der Waals surface area contributed by atoms with Crippen molar-refractivity contribution in [1.29, 1.82) is 0 Å². The van der Waals surface area contributed by atoms with E-state index in [1.54, 1.807) is 0 Å². The standard InChI is InChI=1S/C4H5F3O2/c1-2(8)3(9)4(5,6)7/h3,9H,1H3/t3-/m0/s1. The third kappa shape index (κ3) is 2.46. The second-order valence-corrected chi connectivity index (χ2v) is 1.55. The molecule has 0 radical (unpaired) electrons. The van der Waals surface area contributed by atoms with Gasteiger partial charge >= 0.3 is 6.18 Å².